The van der Waals surface area contributed by atoms with Gasteiger partial charge in [0, 0.05) is 36.1 Å². The summed E-state index contributed by atoms with van der Waals surface area (Å²) in [5.74, 6) is 0.670. The van der Waals surface area contributed by atoms with Gasteiger partial charge < -0.3 is 5.32 Å². The van der Waals surface area contributed by atoms with Crippen molar-refractivity contribution in [3.63, 3.8) is 0 Å². The molecule has 0 aromatic carbocycles. The third-order valence-corrected chi connectivity index (χ3v) is 5.56. The monoisotopic (exact) mass is 280 g/mol. The van der Waals surface area contributed by atoms with E-state index in [-0.39, 0.29) is 0 Å². The molecule has 108 valence electrons. The summed E-state index contributed by atoms with van der Waals surface area (Å²) in [4.78, 5) is 4.23. The minimum absolute atomic E-state index is 0.322. The molecule has 1 saturated heterocycles. The topological polar surface area (TPSA) is 15.3 Å². The molecule has 1 aromatic rings. The zero-order chi connectivity index (χ0) is 13.9. The van der Waals surface area contributed by atoms with Crippen molar-refractivity contribution < 1.29 is 0 Å². The Morgan fingerprint density at radius 3 is 2.63 bits per heavy atom. The lowest BCUT2D eigenvalue weighted by Gasteiger charge is -2.47. The van der Waals surface area contributed by atoms with Crippen LogP contribution >= 0.6 is 11.3 Å². The fourth-order valence-electron chi connectivity index (χ4n) is 3.34. The Morgan fingerprint density at radius 1 is 1.37 bits per heavy atom. The predicted molar refractivity (Wildman–Crippen MR) is 84.8 cm³/mol. The van der Waals surface area contributed by atoms with Crippen LogP contribution in [0.3, 0.4) is 0 Å². The van der Waals surface area contributed by atoms with Crippen LogP contribution in [0.1, 0.15) is 51.5 Å². The Morgan fingerprint density at radius 2 is 2.11 bits per heavy atom. The number of nitrogens with one attached hydrogen (secondary N) is 1. The predicted octanol–water partition coefficient (Wildman–Crippen LogP) is 3.91. The first kappa shape index (κ1) is 15.0. The Labute approximate surface area is 122 Å². The minimum Gasteiger partial charge on any atom is -0.309 e. The van der Waals surface area contributed by atoms with Gasteiger partial charge in [-0.25, -0.2) is 0 Å². The van der Waals surface area contributed by atoms with E-state index in [2.05, 4.69) is 55.4 Å². The van der Waals surface area contributed by atoms with E-state index < -0.39 is 0 Å². The largest absolute Gasteiger partial charge is 0.309 e. The third kappa shape index (κ3) is 3.21. The summed E-state index contributed by atoms with van der Waals surface area (Å²) < 4.78 is 0. The van der Waals surface area contributed by atoms with Crippen LogP contribution in [0.4, 0.5) is 0 Å². The van der Waals surface area contributed by atoms with E-state index >= 15 is 0 Å². The van der Waals surface area contributed by atoms with Crippen molar-refractivity contribution in [3.05, 3.63) is 22.4 Å². The van der Waals surface area contributed by atoms with E-state index in [9.17, 15) is 0 Å². The van der Waals surface area contributed by atoms with Crippen molar-refractivity contribution in [1.29, 1.82) is 0 Å². The van der Waals surface area contributed by atoms with Crippen LogP contribution in [0, 0.1) is 5.92 Å². The highest BCUT2D eigenvalue weighted by atomic mass is 32.1. The van der Waals surface area contributed by atoms with E-state index in [1.54, 1.807) is 0 Å². The second-order valence-electron chi connectivity index (χ2n) is 6.09. The van der Waals surface area contributed by atoms with Gasteiger partial charge in [-0.15, -0.1) is 11.3 Å². The average molecular weight is 280 g/mol. The molecule has 0 aliphatic carbocycles. The first-order valence-electron chi connectivity index (χ1n) is 7.64. The Bertz CT molecular complexity index is 368. The van der Waals surface area contributed by atoms with Crippen LogP contribution in [-0.2, 0) is 0 Å². The number of piperazine rings is 1. The van der Waals surface area contributed by atoms with Gasteiger partial charge in [0.05, 0.1) is 0 Å². The van der Waals surface area contributed by atoms with Gasteiger partial charge in [0.2, 0.25) is 0 Å². The first-order chi connectivity index (χ1) is 9.12. The Kier molecular flexibility index (Phi) is 5.04. The van der Waals surface area contributed by atoms with Crippen molar-refractivity contribution in [2.45, 2.75) is 52.1 Å². The molecule has 1 N–H and O–H groups in total. The zero-order valence-electron chi connectivity index (χ0n) is 12.8. The molecule has 2 heterocycles. The van der Waals surface area contributed by atoms with Gasteiger partial charge in [0.25, 0.3) is 0 Å². The van der Waals surface area contributed by atoms with Crippen molar-refractivity contribution in [2.75, 3.05) is 19.6 Å². The maximum atomic E-state index is 3.76. The molecule has 0 bridgehead atoms. The van der Waals surface area contributed by atoms with E-state index in [0.29, 0.717) is 17.5 Å². The zero-order valence-corrected chi connectivity index (χ0v) is 13.6. The van der Waals surface area contributed by atoms with Gasteiger partial charge in [-0.2, -0.15) is 0 Å². The molecule has 1 aliphatic heterocycles. The molecule has 1 aromatic heterocycles. The van der Waals surface area contributed by atoms with Gasteiger partial charge in [-0.3, -0.25) is 4.90 Å². The van der Waals surface area contributed by atoms with Crippen LogP contribution in [0.5, 0.6) is 0 Å². The highest BCUT2D eigenvalue weighted by Crippen LogP contribution is 2.34. The highest BCUT2D eigenvalue weighted by Gasteiger charge is 2.36. The summed E-state index contributed by atoms with van der Waals surface area (Å²) in [5, 5.41) is 5.97. The molecule has 0 amide bonds. The number of hydrogen-bond donors (Lipinski definition) is 1. The normalized spacial score (nSPS) is 21.7. The summed E-state index contributed by atoms with van der Waals surface area (Å²) in [6.45, 7) is 12.8. The molecule has 1 aliphatic rings. The van der Waals surface area contributed by atoms with Crippen molar-refractivity contribution >= 4 is 11.3 Å². The summed E-state index contributed by atoms with van der Waals surface area (Å²) in [7, 11) is 0. The van der Waals surface area contributed by atoms with Crippen molar-refractivity contribution in [1.82, 2.24) is 10.2 Å². The smallest absolute Gasteiger partial charge is 0.0465 e. The summed E-state index contributed by atoms with van der Waals surface area (Å²) in [5.41, 5.74) is 0.322. The molecule has 0 spiro atoms. The van der Waals surface area contributed by atoms with Gasteiger partial charge >= 0.3 is 0 Å². The van der Waals surface area contributed by atoms with E-state index in [1.807, 2.05) is 11.3 Å². The van der Waals surface area contributed by atoms with E-state index in [0.717, 1.165) is 6.54 Å². The number of hydrogen-bond acceptors (Lipinski definition) is 3. The highest BCUT2D eigenvalue weighted by molar-refractivity contribution is 7.10. The second kappa shape index (κ2) is 6.38. The van der Waals surface area contributed by atoms with Crippen LogP contribution in [0.15, 0.2) is 17.5 Å². The second-order valence-corrected chi connectivity index (χ2v) is 7.07. The lowest BCUT2D eigenvalue weighted by Crippen LogP contribution is -2.60. The fourth-order valence-corrected chi connectivity index (χ4v) is 4.37. The van der Waals surface area contributed by atoms with E-state index in [1.165, 1.54) is 30.8 Å². The Hall–Kier alpha value is -0.380. The van der Waals surface area contributed by atoms with Gasteiger partial charge in [0.1, 0.15) is 0 Å². The lowest BCUT2D eigenvalue weighted by molar-refractivity contribution is 0.0670. The molecule has 1 unspecified atom stereocenters. The number of rotatable bonds is 5. The van der Waals surface area contributed by atoms with Gasteiger partial charge in [-0.1, -0.05) is 33.8 Å². The summed E-state index contributed by atoms with van der Waals surface area (Å²) in [6, 6.07) is 5.07. The molecule has 1 fully saturated rings. The molecular formula is C16H28N2S. The standard InChI is InChI=1S/C16H28N2S/c1-5-16(6-2)12-18(10-9-17-16)15(13(3)4)14-8-7-11-19-14/h7-8,11,13,15,17H,5-6,9-10,12H2,1-4H3. The molecule has 0 saturated carbocycles. The lowest BCUT2D eigenvalue weighted by atomic mass is 9.88. The molecule has 19 heavy (non-hydrogen) atoms. The summed E-state index contributed by atoms with van der Waals surface area (Å²) in [6.07, 6.45) is 2.44. The fraction of sp³-hybridized carbons (Fsp3) is 0.750. The maximum Gasteiger partial charge on any atom is 0.0465 e. The molecule has 0 radical (unpaired) electrons. The van der Waals surface area contributed by atoms with Crippen LogP contribution < -0.4 is 5.32 Å². The van der Waals surface area contributed by atoms with Crippen molar-refractivity contribution in [2.24, 2.45) is 5.92 Å². The van der Waals surface area contributed by atoms with Gasteiger partial charge in [-0.05, 0) is 30.2 Å². The van der Waals surface area contributed by atoms with Gasteiger partial charge in [0.15, 0.2) is 0 Å². The minimum atomic E-state index is 0.322. The average Bonchev–Trinajstić information content (AvgIpc) is 2.92. The molecule has 2 rings (SSSR count). The molecular weight excluding hydrogens is 252 g/mol. The third-order valence-electron chi connectivity index (χ3n) is 4.62. The summed E-state index contributed by atoms with van der Waals surface area (Å²) >= 11 is 1.91. The SMILES string of the molecule is CCC1(CC)CN(C(c2cccs2)C(C)C)CCN1. The number of thiophene rings is 1. The first-order valence-corrected chi connectivity index (χ1v) is 8.52. The van der Waals surface area contributed by atoms with Crippen LogP contribution in [0.25, 0.3) is 0 Å². The van der Waals surface area contributed by atoms with Crippen LogP contribution in [-0.4, -0.2) is 30.1 Å². The van der Waals surface area contributed by atoms with Crippen molar-refractivity contribution in [3.8, 4) is 0 Å². The molecule has 3 heteroatoms. The maximum absolute atomic E-state index is 3.76. The number of nitrogens with zero attached hydrogens (tertiary/aromatic N) is 1. The molecule has 2 nitrogen and oxygen atoms in total. The Balaban J connectivity index is 2.18. The molecule has 1 atom stereocenters. The van der Waals surface area contributed by atoms with E-state index in [4.69, 9.17) is 0 Å². The quantitative estimate of drug-likeness (QED) is 0.879. The van der Waals surface area contributed by atoms with Crippen LogP contribution in [0.2, 0.25) is 0 Å².